The third-order valence-electron chi connectivity index (χ3n) is 5.67. The van der Waals surface area contributed by atoms with Gasteiger partial charge in [-0.3, -0.25) is 4.98 Å². The molecular formula is C19H25Cl2N5O. The van der Waals surface area contributed by atoms with E-state index in [1.807, 2.05) is 6.92 Å². The van der Waals surface area contributed by atoms with Crippen molar-refractivity contribution in [3.8, 4) is 11.3 Å². The van der Waals surface area contributed by atoms with Crippen LogP contribution >= 0.6 is 23.2 Å². The van der Waals surface area contributed by atoms with Crippen molar-refractivity contribution in [2.24, 2.45) is 11.1 Å². The minimum atomic E-state index is -0.206. The number of halogens is 2. The summed E-state index contributed by atoms with van der Waals surface area (Å²) in [6.07, 6.45) is 5.05. The van der Waals surface area contributed by atoms with Gasteiger partial charge in [0.25, 0.3) is 0 Å². The molecule has 1 fully saturated rings. The maximum absolute atomic E-state index is 9.90. The predicted octanol–water partition coefficient (Wildman–Crippen LogP) is 3.60. The molecule has 0 saturated carbocycles. The molecule has 146 valence electrons. The SMILES string of the molecule is Cc1nc(N2CCC(C)([C@H](C)N)CC2)c(CO)nc1-c1cncc(Cl)c1Cl. The van der Waals surface area contributed by atoms with Crippen LogP contribution in [0.4, 0.5) is 5.82 Å². The zero-order chi connectivity index (χ0) is 19.8. The quantitative estimate of drug-likeness (QED) is 0.801. The van der Waals surface area contributed by atoms with E-state index >= 15 is 0 Å². The minimum Gasteiger partial charge on any atom is -0.390 e. The van der Waals surface area contributed by atoms with Gasteiger partial charge in [-0.2, -0.15) is 0 Å². The van der Waals surface area contributed by atoms with Gasteiger partial charge in [0.2, 0.25) is 0 Å². The van der Waals surface area contributed by atoms with Gasteiger partial charge in [-0.1, -0.05) is 30.1 Å². The maximum Gasteiger partial charge on any atom is 0.153 e. The van der Waals surface area contributed by atoms with E-state index in [2.05, 4.69) is 28.7 Å². The molecule has 1 aliphatic heterocycles. The molecule has 2 aromatic heterocycles. The molecule has 0 bridgehead atoms. The number of hydrogen-bond donors (Lipinski definition) is 2. The molecule has 1 aliphatic rings. The summed E-state index contributed by atoms with van der Waals surface area (Å²) >= 11 is 12.4. The van der Waals surface area contributed by atoms with Crippen LogP contribution in [0.15, 0.2) is 12.4 Å². The molecule has 3 N–H and O–H groups in total. The van der Waals surface area contributed by atoms with E-state index in [0.29, 0.717) is 32.7 Å². The number of nitrogens with two attached hydrogens (primary N) is 1. The number of anilines is 1. The predicted molar refractivity (Wildman–Crippen MR) is 109 cm³/mol. The summed E-state index contributed by atoms with van der Waals surface area (Å²) in [5.41, 5.74) is 8.72. The highest BCUT2D eigenvalue weighted by molar-refractivity contribution is 6.43. The van der Waals surface area contributed by atoms with Gasteiger partial charge in [-0.15, -0.1) is 0 Å². The lowest BCUT2D eigenvalue weighted by Crippen LogP contribution is -2.47. The minimum absolute atomic E-state index is 0.123. The number of aliphatic hydroxyl groups is 1. The van der Waals surface area contributed by atoms with Crippen LogP contribution in [0.2, 0.25) is 10.0 Å². The highest BCUT2D eigenvalue weighted by Crippen LogP contribution is 2.37. The van der Waals surface area contributed by atoms with Crippen LogP contribution in [-0.4, -0.2) is 39.2 Å². The van der Waals surface area contributed by atoms with Gasteiger partial charge in [0.15, 0.2) is 5.82 Å². The van der Waals surface area contributed by atoms with E-state index in [4.69, 9.17) is 33.9 Å². The van der Waals surface area contributed by atoms with Crippen LogP contribution < -0.4 is 10.6 Å². The summed E-state index contributed by atoms with van der Waals surface area (Å²) in [6, 6.07) is 0.143. The van der Waals surface area contributed by atoms with Gasteiger partial charge in [-0.25, -0.2) is 9.97 Å². The first-order valence-electron chi connectivity index (χ1n) is 9.05. The second-order valence-corrected chi connectivity index (χ2v) is 8.28. The largest absolute Gasteiger partial charge is 0.390 e. The lowest BCUT2D eigenvalue weighted by atomic mass is 9.75. The first-order valence-corrected chi connectivity index (χ1v) is 9.80. The average Bonchev–Trinajstić information content (AvgIpc) is 2.64. The normalized spacial score (nSPS) is 17.8. The fourth-order valence-corrected chi connectivity index (χ4v) is 3.77. The van der Waals surface area contributed by atoms with E-state index in [1.165, 1.54) is 6.20 Å². The monoisotopic (exact) mass is 409 g/mol. The molecule has 27 heavy (non-hydrogen) atoms. The van der Waals surface area contributed by atoms with Crippen LogP contribution in [0.3, 0.4) is 0 Å². The standard InChI is InChI=1S/C19H25Cl2N5O/c1-11-17(13-8-23-9-14(20)16(13)21)25-15(10-27)18(24-11)26-6-4-19(3,5-7-26)12(2)22/h8-9,12,27H,4-7,10,22H2,1-3H3/t12-/m0/s1. The van der Waals surface area contributed by atoms with Gasteiger partial charge in [-0.05, 0) is 32.1 Å². The summed E-state index contributed by atoms with van der Waals surface area (Å²) in [4.78, 5) is 15.7. The number of piperidine rings is 1. The van der Waals surface area contributed by atoms with Crippen LogP contribution in [0.5, 0.6) is 0 Å². The first kappa shape index (κ1) is 20.3. The fourth-order valence-electron chi connectivity index (χ4n) is 3.43. The van der Waals surface area contributed by atoms with Gasteiger partial charge in [0.05, 0.1) is 28.0 Å². The highest BCUT2D eigenvalue weighted by Gasteiger charge is 2.34. The zero-order valence-electron chi connectivity index (χ0n) is 15.8. The van der Waals surface area contributed by atoms with Gasteiger partial charge in [0, 0.05) is 37.1 Å². The number of aryl methyl sites for hydroxylation is 1. The molecule has 0 radical (unpaired) electrons. The molecule has 0 spiro atoms. The van der Waals surface area contributed by atoms with Crippen molar-refractivity contribution in [2.75, 3.05) is 18.0 Å². The molecule has 0 amide bonds. The number of aliphatic hydroxyl groups excluding tert-OH is 1. The number of rotatable bonds is 4. The summed E-state index contributed by atoms with van der Waals surface area (Å²) in [5, 5.41) is 10.6. The number of hydrogen-bond acceptors (Lipinski definition) is 6. The van der Waals surface area contributed by atoms with Crippen molar-refractivity contribution in [1.29, 1.82) is 0 Å². The Morgan fingerprint density at radius 2 is 1.93 bits per heavy atom. The van der Waals surface area contributed by atoms with E-state index in [-0.39, 0.29) is 18.1 Å². The van der Waals surface area contributed by atoms with Crippen LogP contribution in [0.1, 0.15) is 38.1 Å². The summed E-state index contributed by atoms with van der Waals surface area (Å²) in [7, 11) is 0. The molecular weight excluding hydrogens is 385 g/mol. The lowest BCUT2D eigenvalue weighted by molar-refractivity contribution is 0.204. The van der Waals surface area contributed by atoms with Crippen molar-refractivity contribution in [2.45, 2.75) is 46.3 Å². The van der Waals surface area contributed by atoms with Crippen molar-refractivity contribution >= 4 is 29.0 Å². The number of nitrogens with zero attached hydrogens (tertiary/aromatic N) is 4. The molecule has 3 heterocycles. The lowest BCUT2D eigenvalue weighted by Gasteiger charge is -2.42. The Kier molecular flexibility index (Phi) is 5.91. The van der Waals surface area contributed by atoms with Crippen LogP contribution in [0, 0.1) is 12.3 Å². The van der Waals surface area contributed by atoms with Gasteiger partial charge in [0.1, 0.15) is 5.69 Å². The average molecular weight is 410 g/mol. The third-order valence-corrected chi connectivity index (χ3v) is 6.46. The fraction of sp³-hybridized carbons (Fsp3) is 0.526. The molecule has 0 unspecified atom stereocenters. The number of aromatic nitrogens is 3. The smallest absolute Gasteiger partial charge is 0.153 e. The molecule has 3 rings (SSSR count). The van der Waals surface area contributed by atoms with Crippen molar-refractivity contribution in [3.05, 3.63) is 33.8 Å². The third kappa shape index (κ3) is 3.90. The Bertz CT molecular complexity index is 835. The van der Waals surface area contributed by atoms with E-state index in [9.17, 15) is 5.11 Å². The van der Waals surface area contributed by atoms with Gasteiger partial charge >= 0.3 is 0 Å². The summed E-state index contributed by atoms with van der Waals surface area (Å²) in [6.45, 7) is 7.63. The van der Waals surface area contributed by atoms with E-state index in [0.717, 1.165) is 31.7 Å². The Labute approximate surface area is 169 Å². The van der Waals surface area contributed by atoms with E-state index < -0.39 is 0 Å². The second kappa shape index (κ2) is 7.87. The molecule has 0 aromatic carbocycles. The van der Waals surface area contributed by atoms with Crippen LogP contribution in [-0.2, 0) is 6.61 Å². The summed E-state index contributed by atoms with van der Waals surface area (Å²) < 4.78 is 0. The molecule has 0 aliphatic carbocycles. The highest BCUT2D eigenvalue weighted by atomic mass is 35.5. The topological polar surface area (TPSA) is 88.2 Å². The Balaban J connectivity index is 1.95. The van der Waals surface area contributed by atoms with Crippen molar-refractivity contribution < 1.29 is 5.11 Å². The van der Waals surface area contributed by atoms with Crippen molar-refractivity contribution in [3.63, 3.8) is 0 Å². The molecule has 8 heteroatoms. The molecule has 6 nitrogen and oxygen atoms in total. The molecule has 1 atom stereocenters. The van der Waals surface area contributed by atoms with Crippen molar-refractivity contribution in [1.82, 2.24) is 15.0 Å². The van der Waals surface area contributed by atoms with Gasteiger partial charge < -0.3 is 15.7 Å². The Hall–Kier alpha value is -1.47. The van der Waals surface area contributed by atoms with E-state index in [1.54, 1.807) is 6.20 Å². The Morgan fingerprint density at radius 3 is 2.52 bits per heavy atom. The summed E-state index contributed by atoms with van der Waals surface area (Å²) in [5.74, 6) is 0.719. The first-order chi connectivity index (χ1) is 12.8. The van der Waals surface area contributed by atoms with Crippen LogP contribution in [0.25, 0.3) is 11.3 Å². The maximum atomic E-state index is 9.90. The zero-order valence-corrected chi connectivity index (χ0v) is 17.3. The number of pyridine rings is 1. The Morgan fingerprint density at radius 1 is 1.26 bits per heavy atom. The molecule has 1 saturated heterocycles. The molecule has 2 aromatic rings. The second-order valence-electron chi connectivity index (χ2n) is 7.50.